The third-order valence-corrected chi connectivity index (χ3v) is 8.28. The van der Waals surface area contributed by atoms with Crippen LogP contribution >= 0.6 is 0 Å². The maximum Gasteiger partial charge on any atom is 0.416 e. The zero-order valence-corrected chi connectivity index (χ0v) is 20.1. The van der Waals surface area contributed by atoms with Crippen molar-refractivity contribution in [1.82, 2.24) is 19.2 Å². The van der Waals surface area contributed by atoms with Crippen LogP contribution < -0.4 is 4.72 Å². The number of rotatable bonds is 7. The number of likely N-dealkylation sites (tertiary alicyclic amines) is 1. The predicted octanol–water partition coefficient (Wildman–Crippen LogP) is 3.87. The minimum absolute atomic E-state index is 0.0403. The lowest BCUT2D eigenvalue weighted by molar-refractivity contribution is -0.137. The summed E-state index contributed by atoms with van der Waals surface area (Å²) in [6, 6.07) is 11.8. The van der Waals surface area contributed by atoms with E-state index in [0.717, 1.165) is 43.1 Å². The van der Waals surface area contributed by atoms with Crippen LogP contribution in [-0.4, -0.2) is 42.0 Å². The lowest BCUT2D eigenvalue weighted by atomic mass is 9.88. The minimum atomic E-state index is -4.38. The van der Waals surface area contributed by atoms with E-state index < -0.39 is 21.8 Å². The second-order valence-electron chi connectivity index (χ2n) is 9.40. The normalized spacial score (nSPS) is 20.6. The maximum absolute atomic E-state index is 13.3. The molecular weight excluding hydrogens is 477 g/mol. The number of sulfonamides is 1. The van der Waals surface area contributed by atoms with E-state index in [-0.39, 0.29) is 23.5 Å². The molecule has 1 fully saturated rings. The first-order valence-electron chi connectivity index (χ1n) is 11.6. The zero-order valence-electron chi connectivity index (χ0n) is 19.3. The summed E-state index contributed by atoms with van der Waals surface area (Å²) in [5.41, 5.74) is 3.10. The summed E-state index contributed by atoms with van der Waals surface area (Å²) >= 11 is 0. The number of fused-ring (bicyclic) bond motifs is 1. The average Bonchev–Trinajstić information content (AvgIpc) is 3.35. The fourth-order valence-corrected chi connectivity index (χ4v) is 6.07. The lowest BCUT2D eigenvalue weighted by Crippen LogP contribution is -2.47. The van der Waals surface area contributed by atoms with E-state index in [0.29, 0.717) is 12.0 Å². The Labute approximate surface area is 202 Å². The summed E-state index contributed by atoms with van der Waals surface area (Å²) in [5, 5.41) is -0.0403. The molecule has 5 rings (SSSR count). The molecule has 1 saturated heterocycles. The largest absolute Gasteiger partial charge is 0.416 e. The van der Waals surface area contributed by atoms with E-state index in [1.165, 1.54) is 30.2 Å². The molecule has 0 bridgehead atoms. The summed E-state index contributed by atoms with van der Waals surface area (Å²) in [6.07, 6.45) is 0.967. The zero-order chi connectivity index (χ0) is 24.8. The van der Waals surface area contributed by atoms with E-state index >= 15 is 0 Å². The van der Waals surface area contributed by atoms with Crippen LogP contribution in [0.3, 0.4) is 0 Å². The standard InChI is InChI=1S/C25H27F3N4O2S/c1-31-15-24(29-16-31)35(33,34)30-14-18-6-7-19-13-23(32-8-3-9-32)22(21(19)12-18)11-17-4-2-5-20(10-17)25(26,27)28/h2,4-7,10,12,15-16,22-23,30H,3,8-9,11,13-14H2,1H3. The molecular formula is C25H27F3N4O2S. The third kappa shape index (κ3) is 5.00. The molecule has 3 aromatic rings. The molecule has 1 aliphatic heterocycles. The summed E-state index contributed by atoms with van der Waals surface area (Å²) in [6.45, 7) is 2.10. The number of benzene rings is 2. The maximum atomic E-state index is 13.3. The van der Waals surface area contributed by atoms with Crippen molar-refractivity contribution in [3.05, 3.63) is 82.8 Å². The number of alkyl halides is 3. The van der Waals surface area contributed by atoms with Gasteiger partial charge in [-0.05, 0) is 60.7 Å². The van der Waals surface area contributed by atoms with E-state index in [9.17, 15) is 21.6 Å². The number of hydrogen-bond acceptors (Lipinski definition) is 4. The predicted molar refractivity (Wildman–Crippen MR) is 125 cm³/mol. The van der Waals surface area contributed by atoms with Gasteiger partial charge in [0.25, 0.3) is 10.0 Å². The first-order chi connectivity index (χ1) is 16.6. The lowest BCUT2D eigenvalue weighted by Gasteiger charge is -2.39. The van der Waals surface area contributed by atoms with Crippen molar-refractivity contribution in [1.29, 1.82) is 0 Å². The Hall–Kier alpha value is -2.69. The van der Waals surface area contributed by atoms with Crippen LogP contribution in [0.1, 0.15) is 40.2 Å². The fraction of sp³-hybridized carbons (Fsp3) is 0.400. The molecule has 2 atom stereocenters. The van der Waals surface area contributed by atoms with Gasteiger partial charge in [0.15, 0.2) is 5.03 Å². The molecule has 2 aliphatic rings. The molecule has 2 aromatic carbocycles. The Kier molecular flexibility index (Phi) is 6.23. The first kappa shape index (κ1) is 24.0. The van der Waals surface area contributed by atoms with E-state index in [1.807, 2.05) is 18.2 Å². The molecule has 6 nitrogen and oxygen atoms in total. The van der Waals surface area contributed by atoms with Crippen molar-refractivity contribution in [2.45, 2.75) is 49.0 Å². The topological polar surface area (TPSA) is 67.2 Å². The molecule has 35 heavy (non-hydrogen) atoms. The molecule has 1 aromatic heterocycles. The molecule has 0 amide bonds. The minimum Gasteiger partial charge on any atom is -0.339 e. The monoisotopic (exact) mass is 504 g/mol. The number of nitrogens with zero attached hydrogens (tertiary/aromatic N) is 3. The van der Waals surface area contributed by atoms with Crippen LogP contribution in [0, 0.1) is 0 Å². The quantitative estimate of drug-likeness (QED) is 0.531. The summed E-state index contributed by atoms with van der Waals surface area (Å²) in [5.74, 6) is 0.0427. The van der Waals surface area contributed by atoms with Gasteiger partial charge in [-0.1, -0.05) is 36.4 Å². The van der Waals surface area contributed by atoms with Gasteiger partial charge in [-0.15, -0.1) is 0 Å². The molecule has 10 heteroatoms. The SMILES string of the molecule is Cn1cnc(S(=O)(=O)NCc2ccc3c(c2)C(Cc2cccc(C(F)(F)F)c2)C(N2CCC2)C3)c1. The van der Waals surface area contributed by atoms with Crippen molar-refractivity contribution in [3.8, 4) is 0 Å². The van der Waals surface area contributed by atoms with Gasteiger partial charge < -0.3 is 4.57 Å². The van der Waals surface area contributed by atoms with Crippen molar-refractivity contribution in [3.63, 3.8) is 0 Å². The van der Waals surface area contributed by atoms with E-state index in [1.54, 1.807) is 17.7 Å². The van der Waals surface area contributed by atoms with Crippen molar-refractivity contribution < 1.29 is 21.6 Å². The first-order valence-corrected chi connectivity index (χ1v) is 13.1. The van der Waals surface area contributed by atoms with Crippen LogP contribution in [0.2, 0.25) is 0 Å². The van der Waals surface area contributed by atoms with Crippen LogP contribution in [-0.2, 0) is 42.6 Å². The van der Waals surface area contributed by atoms with Crippen LogP contribution in [0.4, 0.5) is 13.2 Å². The third-order valence-electron chi connectivity index (χ3n) is 7.00. The van der Waals surface area contributed by atoms with Gasteiger partial charge in [0.1, 0.15) is 0 Å². The molecule has 2 heterocycles. The highest BCUT2D eigenvalue weighted by Gasteiger charge is 2.39. The van der Waals surface area contributed by atoms with E-state index in [4.69, 9.17) is 0 Å². The van der Waals surface area contributed by atoms with Crippen LogP contribution in [0.5, 0.6) is 0 Å². The number of halogens is 3. The number of hydrogen-bond donors (Lipinski definition) is 1. The number of aryl methyl sites for hydroxylation is 1. The molecule has 186 valence electrons. The molecule has 2 unspecified atom stereocenters. The highest BCUT2D eigenvalue weighted by molar-refractivity contribution is 7.89. The molecule has 0 radical (unpaired) electrons. The number of aromatic nitrogens is 2. The van der Waals surface area contributed by atoms with Crippen molar-refractivity contribution in [2.24, 2.45) is 7.05 Å². The molecule has 0 saturated carbocycles. The highest BCUT2D eigenvalue weighted by Crippen LogP contribution is 2.41. The van der Waals surface area contributed by atoms with Gasteiger partial charge in [-0.25, -0.2) is 18.1 Å². The summed E-state index contributed by atoms with van der Waals surface area (Å²) in [7, 11) is -2.05. The van der Waals surface area contributed by atoms with Gasteiger partial charge in [-0.2, -0.15) is 13.2 Å². The van der Waals surface area contributed by atoms with Gasteiger partial charge in [-0.3, -0.25) is 4.90 Å². The second-order valence-corrected chi connectivity index (χ2v) is 11.1. The molecule has 1 aliphatic carbocycles. The Bertz CT molecular complexity index is 1330. The Morgan fingerprint density at radius 1 is 1.11 bits per heavy atom. The molecule has 0 spiro atoms. The Balaban J connectivity index is 1.39. The number of imidazole rings is 1. The summed E-state index contributed by atoms with van der Waals surface area (Å²) in [4.78, 5) is 6.32. The second kappa shape index (κ2) is 9.07. The van der Waals surface area contributed by atoms with Gasteiger partial charge in [0, 0.05) is 31.7 Å². The highest BCUT2D eigenvalue weighted by atomic mass is 32.2. The van der Waals surface area contributed by atoms with Crippen LogP contribution in [0.25, 0.3) is 0 Å². The molecule has 1 N–H and O–H groups in total. The Morgan fingerprint density at radius 2 is 1.91 bits per heavy atom. The van der Waals surface area contributed by atoms with Gasteiger partial charge in [0.05, 0.1) is 11.9 Å². The smallest absolute Gasteiger partial charge is 0.339 e. The van der Waals surface area contributed by atoms with Crippen molar-refractivity contribution in [2.75, 3.05) is 13.1 Å². The van der Waals surface area contributed by atoms with Gasteiger partial charge >= 0.3 is 6.18 Å². The Morgan fingerprint density at radius 3 is 2.57 bits per heavy atom. The summed E-state index contributed by atoms with van der Waals surface area (Å²) < 4.78 is 69.1. The number of nitrogens with one attached hydrogen (secondary N) is 1. The fourth-order valence-electron chi connectivity index (χ4n) is 5.07. The van der Waals surface area contributed by atoms with Gasteiger partial charge in [0.2, 0.25) is 0 Å². The van der Waals surface area contributed by atoms with Crippen molar-refractivity contribution >= 4 is 10.0 Å². The van der Waals surface area contributed by atoms with Crippen LogP contribution in [0.15, 0.2) is 60.0 Å². The average molecular weight is 505 g/mol. The van der Waals surface area contributed by atoms with E-state index in [2.05, 4.69) is 14.6 Å².